The van der Waals surface area contributed by atoms with E-state index in [-0.39, 0.29) is 18.5 Å². The molecular formula is C14H25N5O2. The summed E-state index contributed by atoms with van der Waals surface area (Å²) in [5.74, 6) is 0.561. The molecule has 0 aliphatic rings. The molecule has 0 aliphatic carbocycles. The third kappa shape index (κ3) is 3.60. The Morgan fingerprint density at radius 2 is 1.90 bits per heavy atom. The summed E-state index contributed by atoms with van der Waals surface area (Å²) in [5.41, 5.74) is 7.95. The van der Waals surface area contributed by atoms with Crippen molar-refractivity contribution in [2.45, 2.75) is 46.6 Å². The van der Waals surface area contributed by atoms with Gasteiger partial charge in [0.25, 0.3) is 0 Å². The molecule has 1 heterocycles. The summed E-state index contributed by atoms with van der Waals surface area (Å²) in [7, 11) is 0. The number of nitrogens with zero attached hydrogens (tertiary/aromatic N) is 4. The van der Waals surface area contributed by atoms with Crippen LogP contribution in [-0.4, -0.2) is 45.5 Å². The van der Waals surface area contributed by atoms with Crippen LogP contribution < -0.4 is 10.6 Å². The zero-order valence-corrected chi connectivity index (χ0v) is 13.2. The number of aromatic nitrogens is 2. The highest BCUT2D eigenvalue weighted by molar-refractivity contribution is 6.02. The lowest BCUT2D eigenvalue weighted by Crippen LogP contribution is -2.39. The van der Waals surface area contributed by atoms with Gasteiger partial charge in [0, 0.05) is 12.6 Å². The van der Waals surface area contributed by atoms with Crippen molar-refractivity contribution in [3.05, 3.63) is 16.8 Å². The van der Waals surface area contributed by atoms with Crippen molar-refractivity contribution < 1.29 is 10.3 Å². The highest BCUT2D eigenvalue weighted by atomic mass is 16.4. The molecule has 0 fully saturated rings. The summed E-state index contributed by atoms with van der Waals surface area (Å²) in [6.45, 7) is 8.28. The van der Waals surface area contributed by atoms with Crippen molar-refractivity contribution in [2.24, 2.45) is 10.9 Å². The Morgan fingerprint density at radius 3 is 2.38 bits per heavy atom. The fourth-order valence-electron chi connectivity index (χ4n) is 2.45. The van der Waals surface area contributed by atoms with E-state index in [0.717, 1.165) is 24.1 Å². The molecule has 0 spiro atoms. The van der Waals surface area contributed by atoms with Crippen molar-refractivity contribution in [3.63, 3.8) is 0 Å². The minimum atomic E-state index is 0.000711. The summed E-state index contributed by atoms with van der Waals surface area (Å²) in [6, 6.07) is 0.207. The lowest BCUT2D eigenvalue weighted by molar-refractivity contribution is 0.295. The van der Waals surface area contributed by atoms with Crippen LogP contribution in [0.1, 0.15) is 43.5 Å². The van der Waals surface area contributed by atoms with Crippen molar-refractivity contribution in [3.8, 4) is 0 Å². The number of hydrogen-bond acceptors (Lipinski definition) is 6. The van der Waals surface area contributed by atoms with Gasteiger partial charge in [-0.3, -0.25) is 0 Å². The molecule has 7 nitrogen and oxygen atoms in total. The van der Waals surface area contributed by atoms with Crippen molar-refractivity contribution in [1.29, 1.82) is 0 Å². The molecule has 0 aliphatic heterocycles. The van der Waals surface area contributed by atoms with Gasteiger partial charge in [0.2, 0.25) is 0 Å². The molecule has 1 aromatic heterocycles. The van der Waals surface area contributed by atoms with Crippen LogP contribution in [0.15, 0.2) is 5.16 Å². The van der Waals surface area contributed by atoms with E-state index < -0.39 is 0 Å². The zero-order valence-electron chi connectivity index (χ0n) is 13.2. The first-order valence-corrected chi connectivity index (χ1v) is 7.20. The number of amidine groups is 1. The highest BCUT2D eigenvalue weighted by Crippen LogP contribution is 2.25. The Morgan fingerprint density at radius 1 is 1.29 bits per heavy atom. The molecule has 0 radical (unpaired) electrons. The third-order valence-corrected chi connectivity index (χ3v) is 3.80. The van der Waals surface area contributed by atoms with Crippen LogP contribution in [0.25, 0.3) is 0 Å². The second kappa shape index (κ2) is 7.78. The number of hydrogen-bond donors (Lipinski definition) is 3. The maximum Gasteiger partial charge on any atom is 0.174 e. The number of rotatable bonds is 7. The summed E-state index contributed by atoms with van der Waals surface area (Å²) >= 11 is 0. The molecule has 0 amide bonds. The molecule has 0 atom stereocenters. The average molecular weight is 295 g/mol. The van der Waals surface area contributed by atoms with Crippen molar-refractivity contribution in [1.82, 2.24) is 10.2 Å². The van der Waals surface area contributed by atoms with Crippen LogP contribution in [0.3, 0.4) is 0 Å². The lowest BCUT2D eigenvalue weighted by atomic mass is 10.0. The molecule has 7 heteroatoms. The molecule has 21 heavy (non-hydrogen) atoms. The average Bonchev–Trinajstić information content (AvgIpc) is 2.49. The number of nitrogens with two attached hydrogens (primary N) is 1. The molecule has 0 saturated carbocycles. The van der Waals surface area contributed by atoms with Gasteiger partial charge in [0.1, 0.15) is 0 Å². The summed E-state index contributed by atoms with van der Waals surface area (Å²) < 4.78 is 0. The van der Waals surface area contributed by atoms with Gasteiger partial charge < -0.3 is 20.9 Å². The summed E-state index contributed by atoms with van der Waals surface area (Å²) in [6.07, 6.45) is 1.81. The predicted octanol–water partition coefficient (Wildman–Crippen LogP) is 1.18. The Bertz CT molecular complexity index is 500. The first-order valence-electron chi connectivity index (χ1n) is 7.20. The summed E-state index contributed by atoms with van der Waals surface area (Å²) in [5, 5.41) is 29.9. The van der Waals surface area contributed by atoms with Gasteiger partial charge in [-0.25, -0.2) is 0 Å². The predicted molar refractivity (Wildman–Crippen MR) is 82.8 cm³/mol. The van der Waals surface area contributed by atoms with Gasteiger partial charge in [-0.1, -0.05) is 19.0 Å². The molecule has 1 rings (SSSR count). The number of aryl methyl sites for hydroxylation is 1. The van der Waals surface area contributed by atoms with E-state index in [1.807, 2.05) is 18.7 Å². The summed E-state index contributed by atoms with van der Waals surface area (Å²) in [4.78, 5) is 1.98. The zero-order chi connectivity index (χ0) is 16.0. The van der Waals surface area contributed by atoms with E-state index >= 15 is 0 Å². The quantitative estimate of drug-likeness (QED) is 0.302. The first kappa shape index (κ1) is 17.2. The standard InChI is InChI=1S/C14H25N5O2/c1-5-11(6-2)19(7-8-20)14-12(13(15)18-21)9(3)10(4)16-17-14/h11,20-21H,5-8H2,1-4H3,(H2,15,18). The fourth-order valence-corrected chi connectivity index (χ4v) is 2.45. The second-order valence-electron chi connectivity index (χ2n) is 4.98. The molecular weight excluding hydrogens is 270 g/mol. The Labute approximate surface area is 125 Å². The minimum Gasteiger partial charge on any atom is -0.409 e. The first-order chi connectivity index (χ1) is 10.0. The maximum absolute atomic E-state index is 9.35. The van der Waals surface area contributed by atoms with Crippen molar-refractivity contribution >= 4 is 11.7 Å². The van der Waals surface area contributed by atoms with Gasteiger partial charge in [-0.15, -0.1) is 5.10 Å². The third-order valence-electron chi connectivity index (χ3n) is 3.80. The fraction of sp³-hybridized carbons (Fsp3) is 0.643. The topological polar surface area (TPSA) is 108 Å². The Kier molecular flexibility index (Phi) is 6.36. The van der Waals surface area contributed by atoms with E-state index in [1.165, 1.54) is 0 Å². The number of aliphatic hydroxyl groups excluding tert-OH is 1. The van der Waals surface area contributed by atoms with Crippen LogP contribution in [-0.2, 0) is 0 Å². The van der Waals surface area contributed by atoms with E-state index in [2.05, 4.69) is 29.2 Å². The smallest absolute Gasteiger partial charge is 0.174 e. The van der Waals surface area contributed by atoms with Gasteiger partial charge in [0.05, 0.1) is 17.9 Å². The van der Waals surface area contributed by atoms with E-state index in [4.69, 9.17) is 10.9 Å². The SMILES string of the molecule is CCC(CC)N(CCO)c1nnc(C)c(C)c1C(N)=NO. The van der Waals surface area contributed by atoms with Gasteiger partial charge >= 0.3 is 0 Å². The Hall–Kier alpha value is -1.89. The molecule has 0 saturated heterocycles. The van der Waals surface area contributed by atoms with Crippen molar-refractivity contribution in [2.75, 3.05) is 18.1 Å². The molecule has 0 aromatic carbocycles. The number of anilines is 1. The van der Waals surface area contributed by atoms with Crippen LogP contribution in [0, 0.1) is 13.8 Å². The van der Waals surface area contributed by atoms with E-state index in [1.54, 1.807) is 0 Å². The monoisotopic (exact) mass is 295 g/mol. The van der Waals surface area contributed by atoms with Crippen LogP contribution in [0.2, 0.25) is 0 Å². The molecule has 118 valence electrons. The normalized spacial score (nSPS) is 12.0. The van der Waals surface area contributed by atoms with Gasteiger partial charge in [0.15, 0.2) is 11.7 Å². The van der Waals surface area contributed by atoms with Crippen LogP contribution in [0.5, 0.6) is 0 Å². The Balaban J connectivity index is 3.47. The second-order valence-corrected chi connectivity index (χ2v) is 4.98. The largest absolute Gasteiger partial charge is 0.409 e. The lowest BCUT2D eigenvalue weighted by Gasteiger charge is -2.32. The molecule has 0 unspecified atom stereocenters. The van der Waals surface area contributed by atoms with Gasteiger partial charge in [-0.05, 0) is 32.3 Å². The van der Waals surface area contributed by atoms with Gasteiger partial charge in [-0.2, -0.15) is 5.10 Å². The molecule has 0 bridgehead atoms. The molecule has 4 N–H and O–H groups in total. The van der Waals surface area contributed by atoms with E-state index in [0.29, 0.717) is 17.9 Å². The van der Waals surface area contributed by atoms with E-state index in [9.17, 15) is 5.11 Å². The number of aliphatic hydroxyl groups is 1. The maximum atomic E-state index is 9.35. The van der Waals surface area contributed by atoms with Crippen LogP contribution in [0.4, 0.5) is 5.82 Å². The van der Waals surface area contributed by atoms with Crippen LogP contribution >= 0.6 is 0 Å². The molecule has 1 aromatic rings. The minimum absolute atomic E-state index is 0.000711. The number of oxime groups is 1. The highest BCUT2D eigenvalue weighted by Gasteiger charge is 2.24.